The highest BCUT2D eigenvalue weighted by Crippen LogP contribution is 2.45. The van der Waals surface area contributed by atoms with Crippen molar-refractivity contribution in [3.05, 3.63) is 24.0 Å². The molecule has 1 N–H and O–H groups in total. The van der Waals surface area contributed by atoms with E-state index in [4.69, 9.17) is 23.7 Å². The van der Waals surface area contributed by atoms with Crippen LogP contribution in [0.5, 0.6) is 0 Å². The van der Waals surface area contributed by atoms with Gasteiger partial charge in [0.2, 0.25) is 0 Å². The maximum atomic E-state index is 12.9. The molecule has 0 radical (unpaired) electrons. The van der Waals surface area contributed by atoms with Crippen LogP contribution in [-0.4, -0.2) is 56.2 Å². The third-order valence-corrected chi connectivity index (χ3v) is 9.10. The lowest BCUT2D eigenvalue weighted by molar-refractivity contribution is -0.170. The molecule has 1 saturated carbocycles. The van der Waals surface area contributed by atoms with Gasteiger partial charge in [-0.3, -0.25) is 0 Å². The summed E-state index contributed by atoms with van der Waals surface area (Å²) in [6.07, 6.45) is 21.1. The number of carbonyl (C=O) groups is 1. The van der Waals surface area contributed by atoms with Gasteiger partial charge in [0.05, 0.1) is 26.1 Å². The number of aliphatic hydroxyl groups is 1. The molecule has 0 bridgehead atoms. The Bertz CT molecular complexity index is 810. The van der Waals surface area contributed by atoms with Gasteiger partial charge in [-0.25, -0.2) is 4.79 Å². The lowest BCUT2D eigenvalue weighted by atomic mass is 9.81. The van der Waals surface area contributed by atoms with Crippen LogP contribution in [0.4, 0.5) is 0 Å². The molecule has 236 valence electrons. The Morgan fingerprint density at radius 1 is 0.951 bits per heavy atom. The highest BCUT2D eigenvalue weighted by Gasteiger charge is 2.48. The van der Waals surface area contributed by atoms with Gasteiger partial charge in [0.15, 0.2) is 18.2 Å². The average molecular weight is 579 g/mol. The summed E-state index contributed by atoms with van der Waals surface area (Å²) in [7, 11) is 1.37. The van der Waals surface area contributed by atoms with Crippen molar-refractivity contribution >= 4 is 5.97 Å². The Kier molecular flexibility index (Phi) is 14.7. The number of ether oxygens (including phenoxy) is 5. The van der Waals surface area contributed by atoms with E-state index in [1.54, 1.807) is 0 Å². The van der Waals surface area contributed by atoms with E-state index in [1.807, 2.05) is 6.08 Å². The lowest BCUT2D eigenvalue weighted by Crippen LogP contribution is -2.46. The smallest absolute Gasteiger partial charge is 0.338 e. The van der Waals surface area contributed by atoms with E-state index in [-0.39, 0.29) is 29.8 Å². The third-order valence-electron chi connectivity index (χ3n) is 9.10. The van der Waals surface area contributed by atoms with Crippen molar-refractivity contribution in [3.63, 3.8) is 0 Å². The topological polar surface area (TPSA) is 83.5 Å². The largest absolute Gasteiger partial charge is 0.469 e. The molecule has 3 rings (SSSR count). The number of methoxy groups -OCH3 is 1. The summed E-state index contributed by atoms with van der Waals surface area (Å²) in [6.45, 7) is 9.02. The molecule has 0 spiro atoms. The minimum absolute atomic E-state index is 0.0770. The van der Waals surface area contributed by atoms with Crippen LogP contribution in [0.3, 0.4) is 0 Å². The molecule has 41 heavy (non-hydrogen) atoms. The Morgan fingerprint density at radius 3 is 2.32 bits per heavy atom. The van der Waals surface area contributed by atoms with Crippen LogP contribution in [-0.2, 0) is 28.5 Å². The van der Waals surface area contributed by atoms with Gasteiger partial charge >= 0.3 is 5.97 Å². The van der Waals surface area contributed by atoms with Crippen LogP contribution in [0.1, 0.15) is 124 Å². The number of unbranched alkanes of at least 4 members (excludes halogenated alkanes) is 1. The molecule has 2 saturated heterocycles. The Morgan fingerprint density at radius 2 is 1.66 bits per heavy atom. The van der Waals surface area contributed by atoms with Crippen LogP contribution in [0.25, 0.3) is 0 Å². The highest BCUT2D eigenvalue weighted by molar-refractivity contribution is 5.79. The Labute approximate surface area is 249 Å². The number of rotatable bonds is 17. The minimum atomic E-state index is -1.51. The third kappa shape index (κ3) is 11.3. The fraction of sp³-hybridized carbons (Fsp3) is 0.853. The molecule has 2 heterocycles. The first kappa shape index (κ1) is 34.1. The molecule has 0 aromatic heterocycles. The number of esters is 1. The second kappa shape index (κ2) is 17.6. The number of carbonyl (C=O) groups excluding carboxylic acids is 1. The van der Waals surface area contributed by atoms with E-state index in [0.29, 0.717) is 25.9 Å². The molecule has 5 atom stereocenters. The van der Waals surface area contributed by atoms with Gasteiger partial charge in [-0.15, -0.1) is 0 Å². The summed E-state index contributed by atoms with van der Waals surface area (Å²) in [5.74, 6) is 0.445. The SMILES string of the molecule is CCCCC(C)(C)C/C=C(/OC1CCCCO1)[C@@H]1CC[C@@H]([C@](O)(CCC=CCCOC2CCCCO2)C(=O)OC)C1. The molecule has 1 aliphatic carbocycles. The van der Waals surface area contributed by atoms with Gasteiger partial charge in [0, 0.05) is 18.9 Å². The van der Waals surface area contributed by atoms with E-state index >= 15 is 0 Å². The Hall–Kier alpha value is -1.41. The minimum Gasteiger partial charge on any atom is -0.469 e. The molecule has 2 unspecified atom stereocenters. The number of hydrogen-bond donors (Lipinski definition) is 1. The second-order valence-electron chi connectivity index (χ2n) is 13.1. The molecule has 3 fully saturated rings. The van der Waals surface area contributed by atoms with E-state index in [1.165, 1.54) is 26.4 Å². The van der Waals surface area contributed by atoms with Crippen molar-refractivity contribution in [2.75, 3.05) is 26.9 Å². The van der Waals surface area contributed by atoms with Crippen LogP contribution in [0, 0.1) is 17.3 Å². The van der Waals surface area contributed by atoms with Crippen molar-refractivity contribution < 1.29 is 33.6 Å². The lowest BCUT2D eigenvalue weighted by Gasteiger charge is -2.32. The summed E-state index contributed by atoms with van der Waals surface area (Å²) in [5.41, 5.74) is -1.31. The number of hydrogen-bond acceptors (Lipinski definition) is 7. The van der Waals surface area contributed by atoms with E-state index in [2.05, 4.69) is 32.9 Å². The second-order valence-corrected chi connectivity index (χ2v) is 13.1. The summed E-state index contributed by atoms with van der Waals surface area (Å²) in [6, 6.07) is 0. The molecular weight excluding hydrogens is 520 g/mol. The molecule has 3 aliphatic rings. The first-order chi connectivity index (χ1) is 19.8. The highest BCUT2D eigenvalue weighted by atomic mass is 16.7. The van der Waals surface area contributed by atoms with Crippen LogP contribution in [0.2, 0.25) is 0 Å². The van der Waals surface area contributed by atoms with Crippen molar-refractivity contribution in [2.24, 2.45) is 17.3 Å². The van der Waals surface area contributed by atoms with Crippen LogP contribution < -0.4 is 0 Å². The van der Waals surface area contributed by atoms with Crippen molar-refractivity contribution in [1.29, 1.82) is 0 Å². The maximum absolute atomic E-state index is 12.9. The first-order valence-electron chi connectivity index (χ1n) is 16.4. The zero-order valence-electron chi connectivity index (χ0n) is 26.4. The summed E-state index contributed by atoms with van der Waals surface area (Å²) in [4.78, 5) is 12.9. The normalized spacial score (nSPS) is 27.6. The molecule has 2 aliphatic heterocycles. The van der Waals surface area contributed by atoms with Gasteiger partial charge in [0.1, 0.15) is 0 Å². The number of allylic oxidation sites excluding steroid dienone is 3. The average Bonchev–Trinajstić information content (AvgIpc) is 3.49. The standard InChI is InChI=1S/C34H58O7/c1-5-6-20-33(2,3)22-19-29(41-31-16-10-14-25-40-31)27-17-18-28(26-27)34(36,32(35)37-4)21-11-7-8-12-23-38-30-15-9-13-24-39-30/h7-8,19,27-28,30-31,36H,5-6,9-18,20-26H2,1-4H3/b8-7?,29-19+/t27-,28-,30?,31?,34-/m1/s1. The molecular formula is C34H58O7. The molecule has 7 heteroatoms. The summed E-state index contributed by atoms with van der Waals surface area (Å²) in [5, 5.41) is 11.7. The zero-order valence-corrected chi connectivity index (χ0v) is 26.4. The van der Waals surface area contributed by atoms with Gasteiger partial charge < -0.3 is 28.8 Å². The maximum Gasteiger partial charge on any atom is 0.338 e. The Balaban J connectivity index is 1.58. The monoisotopic (exact) mass is 578 g/mol. The zero-order chi connectivity index (χ0) is 29.6. The predicted molar refractivity (Wildman–Crippen MR) is 161 cm³/mol. The van der Waals surface area contributed by atoms with Gasteiger partial charge in [-0.1, -0.05) is 45.8 Å². The fourth-order valence-electron chi connectivity index (χ4n) is 6.37. The fourth-order valence-corrected chi connectivity index (χ4v) is 6.37. The summed E-state index contributed by atoms with van der Waals surface area (Å²) >= 11 is 0. The summed E-state index contributed by atoms with van der Waals surface area (Å²) < 4.78 is 29.0. The van der Waals surface area contributed by atoms with E-state index < -0.39 is 11.6 Å². The molecule has 0 aromatic rings. The molecule has 0 amide bonds. The predicted octanol–water partition coefficient (Wildman–Crippen LogP) is 7.61. The van der Waals surface area contributed by atoms with Crippen LogP contribution in [0.15, 0.2) is 24.0 Å². The van der Waals surface area contributed by atoms with Crippen LogP contribution >= 0.6 is 0 Å². The van der Waals surface area contributed by atoms with Gasteiger partial charge in [-0.05, 0) is 101 Å². The van der Waals surface area contributed by atoms with Gasteiger partial charge in [-0.2, -0.15) is 0 Å². The van der Waals surface area contributed by atoms with Gasteiger partial charge in [0.25, 0.3) is 0 Å². The van der Waals surface area contributed by atoms with Crippen molar-refractivity contribution in [2.45, 2.75) is 142 Å². The quantitative estimate of drug-likeness (QED) is 0.0823. The van der Waals surface area contributed by atoms with E-state index in [0.717, 1.165) is 83.2 Å². The molecule has 7 nitrogen and oxygen atoms in total. The molecule has 0 aromatic carbocycles. The van der Waals surface area contributed by atoms with Crippen molar-refractivity contribution in [3.8, 4) is 0 Å². The first-order valence-corrected chi connectivity index (χ1v) is 16.4. The van der Waals surface area contributed by atoms with E-state index in [9.17, 15) is 9.90 Å². The van der Waals surface area contributed by atoms with Crippen molar-refractivity contribution in [1.82, 2.24) is 0 Å².